The number of imide groups is 1. The number of furan rings is 1. The molecule has 9 heteroatoms. The van der Waals surface area contributed by atoms with Crippen molar-refractivity contribution in [2.75, 3.05) is 7.11 Å². The molecule has 2 N–H and O–H groups in total. The lowest BCUT2D eigenvalue weighted by Crippen LogP contribution is -2.57. The van der Waals surface area contributed by atoms with Crippen LogP contribution in [0.4, 0.5) is 9.18 Å². The fourth-order valence-corrected chi connectivity index (χ4v) is 3.19. The molecule has 0 spiro atoms. The lowest BCUT2D eigenvalue weighted by atomic mass is 10.1. The summed E-state index contributed by atoms with van der Waals surface area (Å²) < 4.78 is 24.7. The Labute approximate surface area is 140 Å². The molecule has 1 aromatic heterocycles. The van der Waals surface area contributed by atoms with E-state index in [0.717, 1.165) is 4.90 Å². The van der Waals surface area contributed by atoms with Crippen LogP contribution in [0.15, 0.2) is 34.9 Å². The summed E-state index contributed by atoms with van der Waals surface area (Å²) in [5, 5.41) is 4.53. The second kappa shape index (κ2) is 5.07. The molecule has 2 aliphatic rings. The fourth-order valence-electron chi connectivity index (χ4n) is 3.19. The summed E-state index contributed by atoms with van der Waals surface area (Å²) >= 11 is 0. The lowest BCUT2D eigenvalue weighted by molar-refractivity contribution is -0.131. The molecule has 4 rings (SSSR count). The predicted octanol–water partition coefficient (Wildman–Crippen LogP) is 1.08. The molecule has 8 nitrogen and oxygen atoms in total. The quantitative estimate of drug-likeness (QED) is 0.811. The van der Waals surface area contributed by atoms with E-state index in [2.05, 4.69) is 10.6 Å². The van der Waals surface area contributed by atoms with Crippen molar-refractivity contribution in [3.63, 3.8) is 0 Å². The van der Waals surface area contributed by atoms with E-state index in [1.165, 1.54) is 31.6 Å². The highest BCUT2D eigenvalue weighted by atomic mass is 19.1. The summed E-state index contributed by atoms with van der Waals surface area (Å²) in [5.41, 5.74) is -1.70. The van der Waals surface area contributed by atoms with Crippen molar-refractivity contribution in [3.8, 4) is 5.75 Å². The Kier molecular flexibility index (Phi) is 3.08. The number of hydrogen-bond donors (Lipinski definition) is 2. The van der Waals surface area contributed by atoms with Crippen LogP contribution >= 0.6 is 0 Å². The number of benzene rings is 1. The van der Waals surface area contributed by atoms with Crippen LogP contribution in [0.1, 0.15) is 21.7 Å². The third-order valence-corrected chi connectivity index (χ3v) is 4.33. The number of carbonyl (C=O) groups excluding carboxylic acids is 3. The van der Waals surface area contributed by atoms with Crippen molar-refractivity contribution < 1.29 is 27.9 Å². The molecule has 2 aromatic rings. The molecule has 1 aromatic carbocycles. The van der Waals surface area contributed by atoms with Gasteiger partial charge >= 0.3 is 6.03 Å². The number of hydrogen-bond acceptors (Lipinski definition) is 5. The van der Waals surface area contributed by atoms with Crippen LogP contribution in [0, 0.1) is 5.82 Å². The number of urea groups is 1. The van der Waals surface area contributed by atoms with Crippen LogP contribution in [0.5, 0.6) is 5.75 Å². The van der Waals surface area contributed by atoms with Gasteiger partial charge in [0.25, 0.3) is 17.5 Å². The Morgan fingerprint density at radius 2 is 2.08 bits per heavy atom. The Balaban J connectivity index is 1.86. The van der Waals surface area contributed by atoms with E-state index in [0.29, 0.717) is 5.56 Å². The first-order valence-electron chi connectivity index (χ1n) is 7.34. The summed E-state index contributed by atoms with van der Waals surface area (Å²) in [7, 11) is 1.29. The van der Waals surface area contributed by atoms with Gasteiger partial charge < -0.3 is 14.5 Å². The van der Waals surface area contributed by atoms with Crippen LogP contribution in [0.2, 0.25) is 0 Å². The zero-order valence-corrected chi connectivity index (χ0v) is 13.0. The molecule has 4 amide bonds. The molecule has 0 radical (unpaired) electrons. The van der Waals surface area contributed by atoms with Gasteiger partial charge in [0.05, 0.1) is 25.5 Å². The van der Waals surface area contributed by atoms with Gasteiger partial charge in [0.1, 0.15) is 0 Å². The number of amides is 4. The maximum atomic E-state index is 14.5. The number of fused-ring (bicyclic) bond motifs is 1. The zero-order chi connectivity index (χ0) is 17.8. The smallest absolute Gasteiger partial charge is 0.324 e. The molecule has 3 heterocycles. The number of carbonyl (C=O) groups is 3. The van der Waals surface area contributed by atoms with E-state index in [1.54, 1.807) is 6.07 Å². The average Bonchev–Trinajstić information content (AvgIpc) is 3.27. The van der Waals surface area contributed by atoms with Crippen molar-refractivity contribution in [1.82, 2.24) is 15.5 Å². The second-order valence-electron chi connectivity index (χ2n) is 5.60. The molecular formula is C16H12FN3O5. The standard InChI is InChI=1S/C16H12FN3O5/c1-24-9-5-4-8-7-20(13(21)11(8)12(9)17)16(10-3-2-6-25-10)14(22)18-15(23)19-16/h2-6H,7H2,1H3,(H2,18,19,22,23)/t16-/m0/s1. The molecule has 2 aliphatic heterocycles. The minimum absolute atomic E-state index is 0.0457. The van der Waals surface area contributed by atoms with Gasteiger partial charge in [-0.25, -0.2) is 9.18 Å². The Morgan fingerprint density at radius 1 is 1.28 bits per heavy atom. The molecule has 1 fully saturated rings. The number of halogens is 1. The summed E-state index contributed by atoms with van der Waals surface area (Å²) in [5.74, 6) is -2.38. The second-order valence-corrected chi connectivity index (χ2v) is 5.60. The largest absolute Gasteiger partial charge is 0.494 e. The molecule has 0 aliphatic carbocycles. The number of nitrogens with zero attached hydrogens (tertiary/aromatic N) is 1. The minimum Gasteiger partial charge on any atom is -0.494 e. The summed E-state index contributed by atoms with van der Waals surface area (Å²) in [6.07, 6.45) is 1.31. The predicted molar refractivity (Wildman–Crippen MR) is 79.9 cm³/mol. The number of ether oxygens (including phenoxy) is 1. The highest BCUT2D eigenvalue weighted by Gasteiger charge is 2.58. The Bertz CT molecular complexity index is 911. The van der Waals surface area contributed by atoms with Gasteiger partial charge in [-0.15, -0.1) is 0 Å². The lowest BCUT2D eigenvalue weighted by Gasteiger charge is -2.33. The van der Waals surface area contributed by atoms with E-state index in [-0.39, 0.29) is 23.6 Å². The average molecular weight is 345 g/mol. The summed E-state index contributed by atoms with van der Waals surface area (Å²) in [6.45, 7) is -0.0799. The monoisotopic (exact) mass is 345 g/mol. The van der Waals surface area contributed by atoms with E-state index in [1.807, 2.05) is 0 Å². The van der Waals surface area contributed by atoms with Gasteiger partial charge in [-0.05, 0) is 23.8 Å². The van der Waals surface area contributed by atoms with E-state index < -0.39 is 29.3 Å². The molecular weight excluding hydrogens is 333 g/mol. The third-order valence-electron chi connectivity index (χ3n) is 4.33. The molecule has 0 bridgehead atoms. The first-order chi connectivity index (χ1) is 12.0. The number of nitrogens with one attached hydrogen (secondary N) is 2. The van der Waals surface area contributed by atoms with Crippen LogP contribution in [-0.2, 0) is 17.0 Å². The summed E-state index contributed by atoms with van der Waals surface area (Å²) in [4.78, 5) is 38.2. The first kappa shape index (κ1) is 15.2. The highest BCUT2D eigenvalue weighted by Crippen LogP contribution is 2.39. The molecule has 1 saturated heterocycles. The van der Waals surface area contributed by atoms with Gasteiger partial charge in [-0.1, -0.05) is 6.07 Å². The molecule has 25 heavy (non-hydrogen) atoms. The van der Waals surface area contributed by atoms with Gasteiger partial charge in [0.2, 0.25) is 0 Å². The van der Waals surface area contributed by atoms with Gasteiger partial charge in [0.15, 0.2) is 17.3 Å². The SMILES string of the molecule is COc1ccc2c(c1F)C(=O)N([C@]1(c3ccco3)NC(=O)NC1=O)C2. The van der Waals surface area contributed by atoms with Crippen LogP contribution in [-0.4, -0.2) is 29.9 Å². The van der Waals surface area contributed by atoms with E-state index in [4.69, 9.17) is 9.15 Å². The minimum atomic E-state index is -1.88. The highest BCUT2D eigenvalue weighted by molar-refractivity contribution is 6.10. The number of rotatable bonds is 3. The molecule has 0 unspecified atom stereocenters. The van der Waals surface area contributed by atoms with E-state index in [9.17, 15) is 18.8 Å². The van der Waals surface area contributed by atoms with E-state index >= 15 is 0 Å². The van der Waals surface area contributed by atoms with Gasteiger partial charge in [-0.2, -0.15) is 0 Å². The zero-order valence-electron chi connectivity index (χ0n) is 13.0. The molecule has 1 atom stereocenters. The normalized spacial score (nSPS) is 22.0. The van der Waals surface area contributed by atoms with Gasteiger partial charge in [0, 0.05) is 0 Å². The topological polar surface area (TPSA) is 101 Å². The van der Waals surface area contributed by atoms with Crippen LogP contribution in [0.3, 0.4) is 0 Å². The van der Waals surface area contributed by atoms with Crippen LogP contribution in [0.25, 0.3) is 0 Å². The van der Waals surface area contributed by atoms with Crippen molar-refractivity contribution in [1.29, 1.82) is 0 Å². The Morgan fingerprint density at radius 3 is 2.68 bits per heavy atom. The van der Waals surface area contributed by atoms with Gasteiger partial charge in [-0.3, -0.25) is 19.8 Å². The maximum Gasteiger partial charge on any atom is 0.324 e. The molecule has 128 valence electrons. The van der Waals surface area contributed by atoms with Crippen molar-refractivity contribution in [2.24, 2.45) is 0 Å². The number of methoxy groups -OCH3 is 1. The summed E-state index contributed by atoms with van der Waals surface area (Å²) in [6, 6.07) is 5.14. The fraction of sp³-hybridized carbons (Fsp3) is 0.188. The van der Waals surface area contributed by atoms with Crippen molar-refractivity contribution in [2.45, 2.75) is 12.2 Å². The van der Waals surface area contributed by atoms with Crippen molar-refractivity contribution in [3.05, 3.63) is 53.2 Å². The Hall–Kier alpha value is -3.36. The third kappa shape index (κ3) is 1.89. The molecule has 0 saturated carbocycles. The first-order valence-corrected chi connectivity index (χ1v) is 7.34. The van der Waals surface area contributed by atoms with Crippen molar-refractivity contribution >= 4 is 17.8 Å². The van der Waals surface area contributed by atoms with Crippen LogP contribution < -0.4 is 15.4 Å². The maximum absolute atomic E-state index is 14.5.